The molecule has 2 unspecified atom stereocenters. The van der Waals surface area contributed by atoms with Crippen LogP contribution in [0.4, 0.5) is 0 Å². The smallest absolute Gasteiger partial charge is 0.123 e. The van der Waals surface area contributed by atoms with Crippen molar-refractivity contribution in [1.29, 1.82) is 0 Å². The molecule has 1 aliphatic rings. The number of nitrogens with zero attached hydrogens (tertiary/aromatic N) is 1. The first-order chi connectivity index (χ1) is 9.24. The Labute approximate surface area is 115 Å². The average Bonchev–Trinajstić information content (AvgIpc) is 2.68. The lowest BCUT2D eigenvalue weighted by molar-refractivity contribution is 0.126. The number of methoxy groups -OCH3 is 1. The predicted octanol–water partition coefficient (Wildman–Crippen LogP) is 1.81. The standard InChI is InChI=1S/C15H24N2O2/c1-12(16)15(17-8-5-10-19-11-9-17)13-6-3-4-7-14(13)18-2/h3-4,6-7,12,15H,5,8-11,16H2,1-2H3. The van der Waals surface area contributed by atoms with E-state index in [1.54, 1.807) is 7.11 Å². The molecule has 1 saturated heterocycles. The summed E-state index contributed by atoms with van der Waals surface area (Å²) >= 11 is 0. The number of hydrogen-bond donors (Lipinski definition) is 1. The average molecular weight is 264 g/mol. The van der Waals surface area contributed by atoms with E-state index in [-0.39, 0.29) is 12.1 Å². The van der Waals surface area contributed by atoms with Crippen LogP contribution >= 0.6 is 0 Å². The van der Waals surface area contributed by atoms with Crippen LogP contribution in [0, 0.1) is 0 Å². The Morgan fingerprint density at radius 3 is 2.79 bits per heavy atom. The van der Waals surface area contributed by atoms with Crippen LogP contribution < -0.4 is 10.5 Å². The van der Waals surface area contributed by atoms with Crippen molar-refractivity contribution < 1.29 is 9.47 Å². The Hall–Kier alpha value is -1.10. The summed E-state index contributed by atoms with van der Waals surface area (Å²) in [7, 11) is 1.71. The first-order valence-electron chi connectivity index (χ1n) is 6.94. The molecule has 0 radical (unpaired) electrons. The zero-order chi connectivity index (χ0) is 13.7. The van der Waals surface area contributed by atoms with Crippen molar-refractivity contribution in [2.24, 2.45) is 5.73 Å². The summed E-state index contributed by atoms with van der Waals surface area (Å²) in [5.74, 6) is 0.912. The normalized spacial score (nSPS) is 20.6. The number of rotatable bonds is 4. The fraction of sp³-hybridized carbons (Fsp3) is 0.600. The van der Waals surface area contributed by atoms with Crippen LogP contribution in [-0.2, 0) is 4.74 Å². The summed E-state index contributed by atoms with van der Waals surface area (Å²) in [4.78, 5) is 2.41. The Kier molecular flexibility index (Phi) is 5.19. The van der Waals surface area contributed by atoms with Crippen molar-refractivity contribution in [3.8, 4) is 5.75 Å². The van der Waals surface area contributed by atoms with E-state index in [2.05, 4.69) is 17.9 Å². The highest BCUT2D eigenvalue weighted by atomic mass is 16.5. The van der Waals surface area contributed by atoms with Crippen molar-refractivity contribution >= 4 is 0 Å². The monoisotopic (exact) mass is 264 g/mol. The zero-order valence-corrected chi connectivity index (χ0v) is 11.8. The minimum atomic E-state index is 0.0504. The molecule has 2 rings (SSSR count). The van der Waals surface area contributed by atoms with Gasteiger partial charge in [0.2, 0.25) is 0 Å². The van der Waals surface area contributed by atoms with Gasteiger partial charge in [0.25, 0.3) is 0 Å². The number of hydrogen-bond acceptors (Lipinski definition) is 4. The summed E-state index contributed by atoms with van der Waals surface area (Å²) in [6.07, 6.45) is 1.05. The van der Waals surface area contributed by atoms with Crippen molar-refractivity contribution in [2.45, 2.75) is 25.4 Å². The molecule has 1 fully saturated rings. The van der Waals surface area contributed by atoms with Gasteiger partial charge in [-0.1, -0.05) is 18.2 Å². The van der Waals surface area contributed by atoms with Crippen molar-refractivity contribution in [2.75, 3.05) is 33.4 Å². The van der Waals surface area contributed by atoms with Crippen LogP contribution in [-0.4, -0.2) is 44.4 Å². The van der Waals surface area contributed by atoms with Crippen LogP contribution in [0.25, 0.3) is 0 Å². The molecule has 1 aromatic carbocycles. The molecule has 1 aliphatic heterocycles. The molecular formula is C15H24N2O2. The summed E-state index contributed by atoms with van der Waals surface area (Å²) < 4.78 is 11.0. The van der Waals surface area contributed by atoms with Gasteiger partial charge in [0.05, 0.1) is 19.8 Å². The second-order valence-electron chi connectivity index (χ2n) is 5.05. The maximum atomic E-state index is 6.24. The van der Waals surface area contributed by atoms with Gasteiger partial charge in [-0.05, 0) is 19.4 Å². The third kappa shape index (κ3) is 3.47. The van der Waals surface area contributed by atoms with Crippen LogP contribution in [0.1, 0.15) is 24.9 Å². The van der Waals surface area contributed by atoms with E-state index in [1.165, 1.54) is 5.56 Å². The van der Waals surface area contributed by atoms with Gasteiger partial charge in [-0.15, -0.1) is 0 Å². The molecule has 2 atom stereocenters. The van der Waals surface area contributed by atoms with E-state index >= 15 is 0 Å². The quantitative estimate of drug-likeness (QED) is 0.901. The maximum Gasteiger partial charge on any atom is 0.123 e. The Morgan fingerprint density at radius 1 is 1.26 bits per heavy atom. The van der Waals surface area contributed by atoms with Gasteiger partial charge < -0.3 is 15.2 Å². The third-order valence-electron chi connectivity index (χ3n) is 3.61. The van der Waals surface area contributed by atoms with E-state index in [0.29, 0.717) is 0 Å². The highest BCUT2D eigenvalue weighted by Gasteiger charge is 2.27. The molecule has 19 heavy (non-hydrogen) atoms. The molecule has 4 heteroatoms. The molecule has 0 aromatic heterocycles. The zero-order valence-electron chi connectivity index (χ0n) is 11.8. The first-order valence-corrected chi connectivity index (χ1v) is 6.94. The molecule has 1 heterocycles. The van der Waals surface area contributed by atoms with Gasteiger partial charge in [-0.3, -0.25) is 4.90 Å². The van der Waals surface area contributed by atoms with Gasteiger partial charge in [0, 0.05) is 31.3 Å². The second-order valence-corrected chi connectivity index (χ2v) is 5.05. The molecule has 0 aliphatic carbocycles. The molecular weight excluding hydrogens is 240 g/mol. The van der Waals surface area contributed by atoms with E-state index in [0.717, 1.165) is 38.5 Å². The minimum Gasteiger partial charge on any atom is -0.496 e. The Morgan fingerprint density at radius 2 is 2.05 bits per heavy atom. The lowest BCUT2D eigenvalue weighted by Crippen LogP contribution is -2.41. The van der Waals surface area contributed by atoms with Crippen molar-refractivity contribution in [3.63, 3.8) is 0 Å². The van der Waals surface area contributed by atoms with Crippen LogP contribution in [0.3, 0.4) is 0 Å². The third-order valence-corrected chi connectivity index (χ3v) is 3.61. The summed E-state index contributed by atoms with van der Waals surface area (Å²) in [5, 5.41) is 0. The molecule has 0 amide bonds. The lowest BCUT2D eigenvalue weighted by atomic mass is 9.98. The topological polar surface area (TPSA) is 47.7 Å². The van der Waals surface area contributed by atoms with Gasteiger partial charge in [-0.2, -0.15) is 0 Å². The first kappa shape index (κ1) is 14.3. The van der Waals surface area contributed by atoms with Crippen LogP contribution in [0.5, 0.6) is 5.75 Å². The van der Waals surface area contributed by atoms with Crippen LogP contribution in [0.2, 0.25) is 0 Å². The van der Waals surface area contributed by atoms with E-state index in [9.17, 15) is 0 Å². The lowest BCUT2D eigenvalue weighted by Gasteiger charge is -2.34. The molecule has 2 N–H and O–H groups in total. The van der Waals surface area contributed by atoms with Crippen molar-refractivity contribution in [3.05, 3.63) is 29.8 Å². The fourth-order valence-electron chi connectivity index (χ4n) is 2.77. The van der Waals surface area contributed by atoms with Crippen LogP contribution in [0.15, 0.2) is 24.3 Å². The number of para-hydroxylation sites is 1. The van der Waals surface area contributed by atoms with Gasteiger partial charge >= 0.3 is 0 Å². The largest absolute Gasteiger partial charge is 0.496 e. The SMILES string of the molecule is COc1ccccc1C(C(C)N)N1CCCOCC1. The molecule has 0 spiro atoms. The highest BCUT2D eigenvalue weighted by Crippen LogP contribution is 2.31. The Balaban J connectivity index is 2.28. The molecule has 0 saturated carbocycles. The molecule has 1 aromatic rings. The number of ether oxygens (including phenoxy) is 2. The van der Waals surface area contributed by atoms with E-state index in [1.807, 2.05) is 18.2 Å². The molecule has 4 nitrogen and oxygen atoms in total. The highest BCUT2D eigenvalue weighted by molar-refractivity contribution is 5.36. The second kappa shape index (κ2) is 6.89. The summed E-state index contributed by atoms with van der Waals surface area (Å²) in [5.41, 5.74) is 7.40. The predicted molar refractivity (Wildman–Crippen MR) is 76.4 cm³/mol. The maximum absolute atomic E-state index is 6.24. The van der Waals surface area contributed by atoms with Gasteiger partial charge in [0.1, 0.15) is 5.75 Å². The summed E-state index contributed by atoms with van der Waals surface area (Å²) in [6, 6.07) is 8.37. The number of benzene rings is 1. The number of nitrogens with two attached hydrogens (primary N) is 1. The molecule has 106 valence electrons. The van der Waals surface area contributed by atoms with Gasteiger partial charge in [0.15, 0.2) is 0 Å². The minimum absolute atomic E-state index is 0.0504. The van der Waals surface area contributed by atoms with E-state index in [4.69, 9.17) is 15.2 Å². The van der Waals surface area contributed by atoms with Crippen molar-refractivity contribution in [1.82, 2.24) is 4.90 Å². The summed E-state index contributed by atoms with van der Waals surface area (Å²) in [6.45, 7) is 5.61. The fourth-order valence-corrected chi connectivity index (χ4v) is 2.77. The van der Waals surface area contributed by atoms with E-state index < -0.39 is 0 Å². The van der Waals surface area contributed by atoms with Gasteiger partial charge in [-0.25, -0.2) is 0 Å². The molecule has 0 bridgehead atoms. The Bertz CT molecular complexity index is 387.